The number of anilines is 4. The van der Waals surface area contributed by atoms with E-state index in [0.717, 1.165) is 5.56 Å². The first-order valence-corrected chi connectivity index (χ1v) is 5.84. The van der Waals surface area contributed by atoms with Crippen LogP contribution in [0.2, 0.25) is 5.02 Å². The largest absolute Gasteiger partial charge is 0.397 e. The predicted octanol–water partition coefficient (Wildman–Crippen LogP) is 3.83. The van der Waals surface area contributed by atoms with E-state index < -0.39 is 11.6 Å². The summed E-state index contributed by atoms with van der Waals surface area (Å²) in [6.07, 6.45) is 0. The SMILES string of the molecule is Cc1ccc(F)cc1Nc1c(N)cc(N)c(Cl)c1F. The zero-order valence-electron chi connectivity index (χ0n) is 10.1. The van der Waals surface area contributed by atoms with Crippen LogP contribution < -0.4 is 16.8 Å². The lowest BCUT2D eigenvalue weighted by Crippen LogP contribution is -2.03. The molecule has 0 bridgehead atoms. The summed E-state index contributed by atoms with van der Waals surface area (Å²) in [4.78, 5) is 0. The molecule has 3 nitrogen and oxygen atoms in total. The van der Waals surface area contributed by atoms with Crippen molar-refractivity contribution in [2.45, 2.75) is 6.92 Å². The van der Waals surface area contributed by atoms with E-state index in [1.54, 1.807) is 13.0 Å². The first-order valence-electron chi connectivity index (χ1n) is 5.46. The van der Waals surface area contributed by atoms with E-state index in [0.29, 0.717) is 5.69 Å². The molecule has 2 aromatic carbocycles. The van der Waals surface area contributed by atoms with Crippen molar-refractivity contribution in [1.29, 1.82) is 0 Å². The van der Waals surface area contributed by atoms with E-state index in [1.165, 1.54) is 18.2 Å². The summed E-state index contributed by atoms with van der Waals surface area (Å²) in [5.41, 5.74) is 12.5. The molecule has 0 aliphatic heterocycles. The molecule has 0 aromatic heterocycles. The summed E-state index contributed by atoms with van der Waals surface area (Å²) in [6, 6.07) is 5.49. The van der Waals surface area contributed by atoms with Gasteiger partial charge in [-0.1, -0.05) is 17.7 Å². The smallest absolute Gasteiger partial charge is 0.169 e. The molecular weight excluding hydrogens is 272 g/mol. The number of rotatable bonds is 2. The first kappa shape index (κ1) is 13.4. The van der Waals surface area contributed by atoms with Crippen LogP contribution in [0.3, 0.4) is 0 Å². The molecule has 0 saturated carbocycles. The third-order valence-electron chi connectivity index (χ3n) is 2.72. The zero-order valence-corrected chi connectivity index (χ0v) is 10.9. The topological polar surface area (TPSA) is 64.1 Å². The lowest BCUT2D eigenvalue weighted by atomic mass is 10.1. The normalized spacial score (nSPS) is 10.5. The second-order valence-corrected chi connectivity index (χ2v) is 4.52. The van der Waals surface area contributed by atoms with Gasteiger partial charge in [0.05, 0.1) is 17.1 Å². The fourth-order valence-electron chi connectivity index (χ4n) is 1.66. The summed E-state index contributed by atoms with van der Waals surface area (Å²) < 4.78 is 27.2. The zero-order chi connectivity index (χ0) is 14.2. The molecule has 0 atom stereocenters. The molecule has 5 N–H and O–H groups in total. The van der Waals surface area contributed by atoms with Gasteiger partial charge in [-0.25, -0.2) is 8.78 Å². The highest BCUT2D eigenvalue weighted by Crippen LogP contribution is 2.36. The second kappa shape index (κ2) is 4.93. The Labute approximate surface area is 114 Å². The van der Waals surface area contributed by atoms with Gasteiger partial charge in [0.15, 0.2) is 5.82 Å². The van der Waals surface area contributed by atoms with Crippen molar-refractivity contribution in [3.05, 3.63) is 46.5 Å². The van der Waals surface area contributed by atoms with Gasteiger partial charge in [-0.05, 0) is 30.7 Å². The lowest BCUT2D eigenvalue weighted by Gasteiger charge is -2.14. The van der Waals surface area contributed by atoms with Gasteiger partial charge in [0.1, 0.15) is 10.8 Å². The highest BCUT2D eigenvalue weighted by atomic mass is 35.5. The van der Waals surface area contributed by atoms with Gasteiger partial charge < -0.3 is 16.8 Å². The van der Waals surface area contributed by atoms with Gasteiger partial charge in [0.25, 0.3) is 0 Å². The molecule has 0 amide bonds. The lowest BCUT2D eigenvalue weighted by molar-refractivity contribution is 0.627. The van der Waals surface area contributed by atoms with Crippen LogP contribution in [0.25, 0.3) is 0 Å². The number of hydrogen-bond donors (Lipinski definition) is 3. The van der Waals surface area contributed by atoms with Gasteiger partial charge in [0, 0.05) is 5.69 Å². The molecule has 0 saturated heterocycles. The minimum Gasteiger partial charge on any atom is -0.397 e. The second-order valence-electron chi connectivity index (χ2n) is 4.14. The van der Waals surface area contributed by atoms with Crippen LogP contribution in [0.1, 0.15) is 5.56 Å². The number of nitrogen functional groups attached to an aromatic ring is 2. The third kappa shape index (κ3) is 2.56. The molecule has 2 aromatic rings. The predicted molar refractivity (Wildman–Crippen MR) is 74.7 cm³/mol. The minimum atomic E-state index is -0.761. The number of halogens is 3. The molecule has 100 valence electrons. The van der Waals surface area contributed by atoms with E-state index in [-0.39, 0.29) is 22.1 Å². The number of hydrogen-bond acceptors (Lipinski definition) is 3. The monoisotopic (exact) mass is 283 g/mol. The van der Waals surface area contributed by atoms with E-state index in [4.69, 9.17) is 23.1 Å². The Hall–Kier alpha value is -2.01. The van der Waals surface area contributed by atoms with Crippen LogP contribution >= 0.6 is 11.6 Å². The van der Waals surface area contributed by atoms with E-state index in [2.05, 4.69) is 5.32 Å². The van der Waals surface area contributed by atoms with Crippen LogP contribution in [0.5, 0.6) is 0 Å². The van der Waals surface area contributed by atoms with E-state index >= 15 is 0 Å². The molecule has 0 fully saturated rings. The molecule has 0 aliphatic carbocycles. The third-order valence-corrected chi connectivity index (χ3v) is 3.11. The van der Waals surface area contributed by atoms with Crippen LogP contribution in [0.15, 0.2) is 24.3 Å². The van der Waals surface area contributed by atoms with Crippen molar-refractivity contribution in [2.75, 3.05) is 16.8 Å². The standard InChI is InChI=1S/C13H12ClF2N3/c1-6-2-3-7(15)4-10(6)19-13-9(18)5-8(17)11(14)12(13)16/h2-5,19H,17-18H2,1H3. The number of nitrogens with two attached hydrogens (primary N) is 2. The molecule has 0 aliphatic rings. The van der Waals surface area contributed by atoms with Gasteiger partial charge in [-0.15, -0.1) is 0 Å². The molecular formula is C13H12ClF2N3. The van der Waals surface area contributed by atoms with Gasteiger partial charge in [-0.2, -0.15) is 0 Å². The molecule has 0 unspecified atom stereocenters. The van der Waals surface area contributed by atoms with Crippen molar-refractivity contribution in [3.8, 4) is 0 Å². The number of nitrogens with one attached hydrogen (secondary N) is 1. The summed E-state index contributed by atoms with van der Waals surface area (Å²) in [6.45, 7) is 1.76. The Morgan fingerprint density at radius 3 is 2.47 bits per heavy atom. The Morgan fingerprint density at radius 2 is 1.79 bits per heavy atom. The maximum Gasteiger partial charge on any atom is 0.169 e. The van der Waals surface area contributed by atoms with Gasteiger partial charge in [0.2, 0.25) is 0 Å². The molecule has 6 heteroatoms. The van der Waals surface area contributed by atoms with E-state index in [1.807, 2.05) is 0 Å². The summed E-state index contributed by atoms with van der Waals surface area (Å²) in [5.74, 6) is -1.20. The molecule has 0 heterocycles. The maximum absolute atomic E-state index is 14.0. The fraction of sp³-hybridized carbons (Fsp3) is 0.0769. The Balaban J connectivity index is 2.49. The van der Waals surface area contributed by atoms with Crippen molar-refractivity contribution >= 4 is 34.4 Å². The Bertz CT molecular complexity index is 644. The number of aryl methyl sites for hydroxylation is 1. The summed E-state index contributed by atoms with van der Waals surface area (Å²) in [7, 11) is 0. The highest BCUT2D eigenvalue weighted by molar-refractivity contribution is 6.33. The highest BCUT2D eigenvalue weighted by Gasteiger charge is 2.15. The van der Waals surface area contributed by atoms with Crippen LogP contribution in [-0.2, 0) is 0 Å². The first-order chi connectivity index (χ1) is 8.90. The van der Waals surface area contributed by atoms with Crippen LogP contribution in [0, 0.1) is 18.6 Å². The minimum absolute atomic E-state index is 0.0205. The molecule has 19 heavy (non-hydrogen) atoms. The fourth-order valence-corrected chi connectivity index (χ4v) is 1.81. The molecule has 0 spiro atoms. The summed E-state index contributed by atoms with van der Waals surface area (Å²) in [5, 5.41) is 2.52. The molecule has 2 rings (SSSR count). The van der Waals surface area contributed by atoms with Crippen molar-refractivity contribution in [2.24, 2.45) is 0 Å². The van der Waals surface area contributed by atoms with Crippen LogP contribution in [0.4, 0.5) is 31.5 Å². The van der Waals surface area contributed by atoms with Crippen LogP contribution in [-0.4, -0.2) is 0 Å². The quantitative estimate of drug-likeness (QED) is 0.734. The average molecular weight is 284 g/mol. The van der Waals surface area contributed by atoms with Gasteiger partial charge in [-0.3, -0.25) is 0 Å². The van der Waals surface area contributed by atoms with Crippen molar-refractivity contribution < 1.29 is 8.78 Å². The van der Waals surface area contributed by atoms with Crippen molar-refractivity contribution in [3.63, 3.8) is 0 Å². The van der Waals surface area contributed by atoms with Gasteiger partial charge >= 0.3 is 0 Å². The van der Waals surface area contributed by atoms with E-state index in [9.17, 15) is 8.78 Å². The summed E-state index contributed by atoms with van der Waals surface area (Å²) >= 11 is 5.72. The van der Waals surface area contributed by atoms with Crippen molar-refractivity contribution in [1.82, 2.24) is 0 Å². The Kier molecular flexibility index (Phi) is 3.48. The number of benzene rings is 2. The Morgan fingerprint density at radius 1 is 1.11 bits per heavy atom. The average Bonchev–Trinajstić information content (AvgIpc) is 2.36. The maximum atomic E-state index is 14.0. The molecule has 0 radical (unpaired) electrons.